The lowest BCUT2D eigenvalue weighted by molar-refractivity contribution is -0.143. The molecule has 0 atom stereocenters. The number of benzene rings is 1. The molecule has 0 saturated heterocycles. The summed E-state index contributed by atoms with van der Waals surface area (Å²) in [7, 11) is -3.33. The van der Waals surface area contributed by atoms with E-state index in [0.29, 0.717) is 19.4 Å². The molecule has 1 aromatic carbocycles. The maximum absolute atomic E-state index is 11.5. The molecule has 25 heavy (non-hydrogen) atoms. The third kappa shape index (κ3) is 9.87. The van der Waals surface area contributed by atoms with Crippen molar-refractivity contribution < 1.29 is 22.1 Å². The normalized spacial score (nSPS) is 11.5. The van der Waals surface area contributed by atoms with Crippen LogP contribution in [0, 0.1) is 0 Å². The Morgan fingerprint density at radius 3 is 2.56 bits per heavy atom. The van der Waals surface area contributed by atoms with E-state index in [1.807, 2.05) is 6.92 Å². The number of unbranched alkanes of at least 4 members (excludes halogenated alkanes) is 1. The van der Waals surface area contributed by atoms with Crippen LogP contribution in [-0.2, 0) is 36.7 Å². The van der Waals surface area contributed by atoms with Gasteiger partial charge in [0.25, 0.3) is 10.1 Å². The highest BCUT2D eigenvalue weighted by atomic mass is 32.2. The number of rotatable bonds is 12. The van der Waals surface area contributed by atoms with Crippen LogP contribution in [0.15, 0.2) is 23.1 Å². The number of hydrogen-bond donors (Lipinski definition) is 0. The zero-order valence-corrected chi connectivity index (χ0v) is 16.9. The van der Waals surface area contributed by atoms with Crippen molar-refractivity contribution >= 4 is 27.8 Å². The van der Waals surface area contributed by atoms with Crippen molar-refractivity contribution in [3.8, 4) is 0 Å². The molecule has 0 unspecified atom stereocenters. The summed E-state index contributed by atoms with van der Waals surface area (Å²) in [5.74, 6) is 0.762. The van der Waals surface area contributed by atoms with Crippen molar-refractivity contribution in [1.29, 1.82) is 0 Å². The molecule has 0 aliphatic carbocycles. The molecule has 1 aromatic rings. The predicted molar refractivity (Wildman–Crippen MR) is 102 cm³/mol. The first kappa shape index (κ1) is 22.0. The minimum absolute atomic E-state index is 0.153. The van der Waals surface area contributed by atoms with Gasteiger partial charge in [0.1, 0.15) is 0 Å². The molecule has 142 valence electrons. The van der Waals surface area contributed by atoms with E-state index in [1.165, 1.54) is 16.0 Å². The van der Waals surface area contributed by atoms with Gasteiger partial charge >= 0.3 is 5.97 Å². The van der Waals surface area contributed by atoms with Crippen LogP contribution in [0.4, 0.5) is 0 Å². The quantitative estimate of drug-likeness (QED) is 0.236. The number of thioether (sulfide) groups is 1. The number of ether oxygens (including phenoxy) is 1. The van der Waals surface area contributed by atoms with Crippen LogP contribution in [0.3, 0.4) is 0 Å². The van der Waals surface area contributed by atoms with Gasteiger partial charge < -0.3 is 4.74 Å². The van der Waals surface area contributed by atoms with Crippen LogP contribution in [-0.4, -0.2) is 39.6 Å². The third-order valence-electron chi connectivity index (χ3n) is 3.57. The van der Waals surface area contributed by atoms with E-state index in [2.05, 4.69) is 25.1 Å². The summed E-state index contributed by atoms with van der Waals surface area (Å²) in [6.45, 7) is 4.59. The second-order valence-corrected chi connectivity index (χ2v) is 8.48. The van der Waals surface area contributed by atoms with E-state index < -0.39 is 10.1 Å². The molecule has 0 radical (unpaired) electrons. The highest BCUT2D eigenvalue weighted by molar-refractivity contribution is 7.99. The number of esters is 1. The zero-order chi connectivity index (χ0) is 18.7. The van der Waals surface area contributed by atoms with E-state index in [4.69, 9.17) is 8.92 Å². The lowest BCUT2D eigenvalue weighted by Crippen LogP contribution is -2.06. The number of carbonyl (C=O) groups excluding carboxylic acids is 1. The Morgan fingerprint density at radius 2 is 1.92 bits per heavy atom. The summed E-state index contributed by atoms with van der Waals surface area (Å²) < 4.78 is 31.4. The van der Waals surface area contributed by atoms with E-state index in [9.17, 15) is 13.2 Å². The number of hydrogen-bond acceptors (Lipinski definition) is 6. The summed E-state index contributed by atoms with van der Waals surface area (Å²) in [6, 6.07) is 6.35. The second-order valence-electron chi connectivity index (χ2n) is 5.67. The summed E-state index contributed by atoms with van der Waals surface area (Å²) in [6.07, 6.45) is 4.72. The Morgan fingerprint density at radius 1 is 1.16 bits per heavy atom. The van der Waals surface area contributed by atoms with Crippen LogP contribution in [0.5, 0.6) is 0 Å². The Balaban J connectivity index is 2.42. The van der Waals surface area contributed by atoms with Gasteiger partial charge in [-0.3, -0.25) is 8.98 Å². The Labute approximate surface area is 155 Å². The molecular weight excluding hydrogens is 360 g/mol. The first-order valence-electron chi connectivity index (χ1n) is 8.60. The van der Waals surface area contributed by atoms with Crippen LogP contribution in [0.1, 0.15) is 44.2 Å². The van der Waals surface area contributed by atoms with Crippen LogP contribution < -0.4 is 0 Å². The van der Waals surface area contributed by atoms with Crippen molar-refractivity contribution in [1.82, 2.24) is 0 Å². The van der Waals surface area contributed by atoms with Gasteiger partial charge in [0.2, 0.25) is 0 Å². The molecular formula is C18H28O5S2. The fraction of sp³-hybridized carbons (Fsp3) is 0.611. The fourth-order valence-electron chi connectivity index (χ4n) is 2.34. The zero-order valence-electron chi connectivity index (χ0n) is 15.2. The van der Waals surface area contributed by atoms with E-state index in [0.717, 1.165) is 31.3 Å². The first-order valence-corrected chi connectivity index (χ1v) is 11.4. The highest BCUT2D eigenvalue weighted by Gasteiger charge is 2.07. The van der Waals surface area contributed by atoms with Gasteiger partial charge in [-0.25, -0.2) is 0 Å². The lowest BCUT2D eigenvalue weighted by Gasteiger charge is -2.10. The minimum atomic E-state index is -3.33. The van der Waals surface area contributed by atoms with Gasteiger partial charge in [0.15, 0.2) is 0 Å². The molecule has 0 heterocycles. The average Bonchev–Trinajstić information content (AvgIpc) is 2.55. The number of aryl methyl sites for hydroxylation is 2. The summed E-state index contributed by atoms with van der Waals surface area (Å²) in [4.78, 5) is 12.7. The molecule has 0 bridgehead atoms. The molecule has 0 spiro atoms. The van der Waals surface area contributed by atoms with Crippen molar-refractivity contribution in [3.63, 3.8) is 0 Å². The molecule has 1 rings (SSSR count). The first-order chi connectivity index (χ1) is 11.9. The minimum Gasteiger partial charge on any atom is -0.466 e. The van der Waals surface area contributed by atoms with Gasteiger partial charge in [-0.1, -0.05) is 13.0 Å². The Kier molecular flexibility index (Phi) is 10.2. The molecule has 0 N–H and O–H groups in total. The largest absolute Gasteiger partial charge is 0.466 e. The highest BCUT2D eigenvalue weighted by Crippen LogP contribution is 2.24. The van der Waals surface area contributed by atoms with Crippen molar-refractivity contribution in [3.05, 3.63) is 29.3 Å². The van der Waals surface area contributed by atoms with Crippen molar-refractivity contribution in [2.24, 2.45) is 0 Å². The van der Waals surface area contributed by atoms with E-state index >= 15 is 0 Å². The van der Waals surface area contributed by atoms with Gasteiger partial charge in [0.05, 0.1) is 19.5 Å². The lowest BCUT2D eigenvalue weighted by atomic mass is 10.0. The summed E-state index contributed by atoms with van der Waals surface area (Å²) >= 11 is 1.75. The average molecular weight is 389 g/mol. The Hall–Kier alpha value is -1.05. The monoisotopic (exact) mass is 388 g/mol. The van der Waals surface area contributed by atoms with E-state index in [1.54, 1.807) is 11.8 Å². The van der Waals surface area contributed by atoms with Crippen molar-refractivity contribution in [2.75, 3.05) is 25.2 Å². The molecule has 0 aliphatic heterocycles. The molecule has 7 heteroatoms. The van der Waals surface area contributed by atoms with Crippen LogP contribution in [0.2, 0.25) is 0 Å². The molecule has 0 aliphatic rings. The predicted octanol–water partition coefficient (Wildman–Crippen LogP) is 3.59. The van der Waals surface area contributed by atoms with Crippen LogP contribution >= 0.6 is 11.8 Å². The standard InChI is InChI=1S/C18H28O5S2/c1-4-15-14-17(24-13-7-6-12-23-25(3,20)21)10-8-16(15)9-11-18(19)22-5-2/h8,10,14H,4-7,9,11-13H2,1-3H3. The molecule has 0 aromatic heterocycles. The molecule has 0 saturated carbocycles. The van der Waals surface area contributed by atoms with Gasteiger partial charge in [0, 0.05) is 11.3 Å². The molecule has 0 amide bonds. The SMILES string of the molecule is CCOC(=O)CCc1ccc(SCCCCOS(C)(=O)=O)cc1CC. The topological polar surface area (TPSA) is 69.7 Å². The van der Waals surface area contributed by atoms with E-state index in [-0.39, 0.29) is 12.6 Å². The summed E-state index contributed by atoms with van der Waals surface area (Å²) in [5.41, 5.74) is 2.45. The van der Waals surface area contributed by atoms with Gasteiger partial charge in [-0.15, -0.1) is 11.8 Å². The van der Waals surface area contributed by atoms with Gasteiger partial charge in [-0.05, 0) is 61.6 Å². The fourth-order valence-corrected chi connectivity index (χ4v) is 3.73. The smallest absolute Gasteiger partial charge is 0.306 e. The van der Waals surface area contributed by atoms with Crippen molar-refractivity contribution in [2.45, 2.75) is 50.8 Å². The maximum atomic E-state index is 11.5. The second kappa shape index (κ2) is 11.5. The van der Waals surface area contributed by atoms with Crippen LogP contribution in [0.25, 0.3) is 0 Å². The molecule has 5 nitrogen and oxygen atoms in total. The Bertz CT molecular complexity index is 641. The maximum Gasteiger partial charge on any atom is 0.306 e. The third-order valence-corrected chi connectivity index (χ3v) is 5.24. The van der Waals surface area contributed by atoms with Gasteiger partial charge in [-0.2, -0.15) is 8.42 Å². The molecule has 0 fully saturated rings. The summed E-state index contributed by atoms with van der Waals surface area (Å²) in [5, 5.41) is 0. The number of carbonyl (C=O) groups is 1.